The summed E-state index contributed by atoms with van der Waals surface area (Å²) in [4.78, 5) is 16.7. The number of likely N-dealkylation sites (tertiary alicyclic amines) is 1. The van der Waals surface area contributed by atoms with Gasteiger partial charge in [0.25, 0.3) is 5.91 Å². The standard InChI is InChI=1S/C15H19N3OS/c16-6-9-18-7-4-12(5-8-18)17-15(19)14-10-11-2-1-3-13(11)20-14/h10,12H,1-5,7-9H2,(H,17,19). The van der Waals surface area contributed by atoms with E-state index in [0.717, 1.165) is 43.6 Å². The van der Waals surface area contributed by atoms with Gasteiger partial charge in [-0.1, -0.05) is 0 Å². The summed E-state index contributed by atoms with van der Waals surface area (Å²) in [7, 11) is 0. The molecule has 0 spiro atoms. The van der Waals surface area contributed by atoms with E-state index in [0.29, 0.717) is 6.54 Å². The Balaban J connectivity index is 1.53. The average molecular weight is 289 g/mol. The van der Waals surface area contributed by atoms with Gasteiger partial charge in [-0.05, 0) is 43.7 Å². The molecule has 1 aromatic rings. The molecule has 1 amide bonds. The molecule has 0 unspecified atom stereocenters. The molecule has 5 heteroatoms. The molecular formula is C15H19N3OS. The SMILES string of the molecule is N#CCN1CCC(NC(=O)c2cc3c(s2)CCC3)CC1. The van der Waals surface area contributed by atoms with Crippen molar-refractivity contribution in [2.45, 2.75) is 38.1 Å². The summed E-state index contributed by atoms with van der Waals surface area (Å²) >= 11 is 1.66. The van der Waals surface area contributed by atoms with Gasteiger partial charge in [0.2, 0.25) is 0 Å². The third kappa shape index (κ3) is 2.87. The van der Waals surface area contributed by atoms with Crippen molar-refractivity contribution in [1.29, 1.82) is 5.26 Å². The number of carbonyl (C=O) groups is 1. The van der Waals surface area contributed by atoms with E-state index < -0.39 is 0 Å². The molecule has 2 aliphatic rings. The predicted octanol–water partition coefficient (Wildman–Crippen LogP) is 1.95. The molecule has 0 saturated carbocycles. The molecule has 3 rings (SSSR count). The summed E-state index contributed by atoms with van der Waals surface area (Å²) < 4.78 is 0. The van der Waals surface area contributed by atoms with Crippen LogP contribution >= 0.6 is 11.3 Å². The maximum Gasteiger partial charge on any atom is 0.261 e. The van der Waals surface area contributed by atoms with E-state index in [1.165, 1.54) is 16.9 Å². The highest BCUT2D eigenvalue weighted by molar-refractivity contribution is 7.14. The number of hydrogen-bond donors (Lipinski definition) is 1. The lowest BCUT2D eigenvalue weighted by Crippen LogP contribution is -2.44. The minimum absolute atomic E-state index is 0.0862. The number of amides is 1. The molecule has 0 radical (unpaired) electrons. The van der Waals surface area contributed by atoms with E-state index in [-0.39, 0.29) is 11.9 Å². The van der Waals surface area contributed by atoms with Gasteiger partial charge in [0.05, 0.1) is 17.5 Å². The van der Waals surface area contributed by atoms with E-state index in [1.54, 1.807) is 11.3 Å². The number of fused-ring (bicyclic) bond motifs is 1. The van der Waals surface area contributed by atoms with Gasteiger partial charge in [-0.3, -0.25) is 9.69 Å². The van der Waals surface area contributed by atoms with Crippen molar-refractivity contribution in [3.63, 3.8) is 0 Å². The molecule has 1 aliphatic heterocycles. The molecule has 1 fully saturated rings. The third-order valence-electron chi connectivity index (χ3n) is 4.19. The Bertz CT molecular complexity index is 516. The smallest absolute Gasteiger partial charge is 0.261 e. The van der Waals surface area contributed by atoms with Crippen molar-refractivity contribution in [2.75, 3.05) is 19.6 Å². The Morgan fingerprint density at radius 3 is 2.95 bits per heavy atom. The second kappa shape index (κ2) is 5.94. The normalized spacial score (nSPS) is 19.6. The van der Waals surface area contributed by atoms with Crippen LogP contribution in [0.5, 0.6) is 0 Å². The summed E-state index contributed by atoms with van der Waals surface area (Å²) in [5, 5.41) is 11.8. The van der Waals surface area contributed by atoms with Crippen LogP contribution in [-0.4, -0.2) is 36.5 Å². The van der Waals surface area contributed by atoms with E-state index in [1.807, 2.05) is 0 Å². The molecular weight excluding hydrogens is 270 g/mol. The fourth-order valence-electron chi connectivity index (χ4n) is 3.03. The molecule has 0 bridgehead atoms. The molecule has 4 nitrogen and oxygen atoms in total. The molecule has 106 valence electrons. The predicted molar refractivity (Wildman–Crippen MR) is 78.9 cm³/mol. The Kier molecular flexibility index (Phi) is 4.04. The van der Waals surface area contributed by atoms with Gasteiger partial charge in [0, 0.05) is 24.0 Å². The average Bonchev–Trinajstić information content (AvgIpc) is 3.02. The molecule has 1 aliphatic carbocycles. The summed E-state index contributed by atoms with van der Waals surface area (Å²) in [6.45, 7) is 2.30. The van der Waals surface area contributed by atoms with Crippen LogP contribution in [0.2, 0.25) is 0 Å². The van der Waals surface area contributed by atoms with Gasteiger partial charge in [-0.2, -0.15) is 5.26 Å². The highest BCUT2D eigenvalue weighted by Crippen LogP contribution is 2.30. The fraction of sp³-hybridized carbons (Fsp3) is 0.600. The lowest BCUT2D eigenvalue weighted by atomic mass is 10.1. The van der Waals surface area contributed by atoms with Gasteiger partial charge < -0.3 is 5.32 Å². The Morgan fingerprint density at radius 1 is 1.45 bits per heavy atom. The molecule has 1 aromatic heterocycles. The van der Waals surface area contributed by atoms with E-state index in [4.69, 9.17) is 5.26 Å². The van der Waals surface area contributed by atoms with E-state index >= 15 is 0 Å². The van der Waals surface area contributed by atoms with Crippen molar-refractivity contribution in [3.8, 4) is 6.07 Å². The van der Waals surface area contributed by atoms with Crippen LogP contribution in [0.1, 0.15) is 39.4 Å². The van der Waals surface area contributed by atoms with Gasteiger partial charge in [-0.15, -0.1) is 11.3 Å². The number of nitrogens with zero attached hydrogens (tertiary/aromatic N) is 2. The van der Waals surface area contributed by atoms with Crippen LogP contribution in [-0.2, 0) is 12.8 Å². The minimum atomic E-state index is 0.0862. The minimum Gasteiger partial charge on any atom is -0.349 e. The van der Waals surface area contributed by atoms with Crippen LogP contribution < -0.4 is 5.32 Å². The number of nitrogens with one attached hydrogen (secondary N) is 1. The summed E-state index contributed by atoms with van der Waals surface area (Å²) in [6.07, 6.45) is 5.39. The van der Waals surface area contributed by atoms with Crippen molar-refractivity contribution in [3.05, 3.63) is 21.4 Å². The molecule has 0 atom stereocenters. The molecule has 0 aromatic carbocycles. The molecule has 1 saturated heterocycles. The van der Waals surface area contributed by atoms with Gasteiger partial charge in [0.15, 0.2) is 0 Å². The van der Waals surface area contributed by atoms with Crippen molar-refractivity contribution < 1.29 is 4.79 Å². The van der Waals surface area contributed by atoms with Gasteiger partial charge >= 0.3 is 0 Å². The number of carbonyl (C=O) groups excluding carboxylic acids is 1. The fourth-order valence-corrected chi connectivity index (χ4v) is 4.19. The first-order valence-electron chi connectivity index (χ1n) is 7.28. The Morgan fingerprint density at radius 2 is 2.25 bits per heavy atom. The van der Waals surface area contributed by atoms with Crippen LogP contribution in [0.4, 0.5) is 0 Å². The van der Waals surface area contributed by atoms with Gasteiger partial charge in [-0.25, -0.2) is 0 Å². The topological polar surface area (TPSA) is 56.1 Å². The first-order chi connectivity index (χ1) is 9.76. The number of nitriles is 1. The molecule has 2 heterocycles. The second-order valence-corrected chi connectivity index (χ2v) is 6.73. The molecule has 20 heavy (non-hydrogen) atoms. The summed E-state index contributed by atoms with van der Waals surface area (Å²) in [6, 6.07) is 4.52. The monoisotopic (exact) mass is 289 g/mol. The lowest BCUT2D eigenvalue weighted by molar-refractivity contribution is 0.0918. The number of piperidine rings is 1. The van der Waals surface area contributed by atoms with Crippen molar-refractivity contribution in [2.24, 2.45) is 0 Å². The van der Waals surface area contributed by atoms with Crippen molar-refractivity contribution >= 4 is 17.2 Å². The maximum absolute atomic E-state index is 12.3. The number of aryl methyl sites for hydroxylation is 2. The third-order valence-corrected chi connectivity index (χ3v) is 5.42. The quantitative estimate of drug-likeness (QED) is 0.865. The lowest BCUT2D eigenvalue weighted by Gasteiger charge is -2.30. The Labute approximate surface area is 123 Å². The highest BCUT2D eigenvalue weighted by Gasteiger charge is 2.23. The van der Waals surface area contributed by atoms with Crippen LogP contribution in [0.25, 0.3) is 0 Å². The first-order valence-corrected chi connectivity index (χ1v) is 8.09. The number of thiophene rings is 1. The van der Waals surface area contributed by atoms with Crippen LogP contribution in [0.15, 0.2) is 6.07 Å². The van der Waals surface area contributed by atoms with E-state index in [2.05, 4.69) is 22.4 Å². The summed E-state index contributed by atoms with van der Waals surface area (Å²) in [5.41, 5.74) is 1.38. The Hall–Kier alpha value is -1.38. The number of rotatable bonds is 3. The zero-order valence-corrected chi connectivity index (χ0v) is 12.3. The van der Waals surface area contributed by atoms with Crippen molar-refractivity contribution in [1.82, 2.24) is 10.2 Å². The largest absolute Gasteiger partial charge is 0.349 e. The summed E-state index contributed by atoms with van der Waals surface area (Å²) in [5.74, 6) is 0.0862. The zero-order valence-electron chi connectivity index (χ0n) is 11.5. The zero-order chi connectivity index (χ0) is 13.9. The number of hydrogen-bond acceptors (Lipinski definition) is 4. The first kappa shape index (κ1) is 13.6. The maximum atomic E-state index is 12.3. The second-order valence-electron chi connectivity index (χ2n) is 5.59. The van der Waals surface area contributed by atoms with Gasteiger partial charge in [0.1, 0.15) is 0 Å². The van der Waals surface area contributed by atoms with Crippen LogP contribution in [0, 0.1) is 11.3 Å². The molecule has 1 N–H and O–H groups in total. The highest BCUT2D eigenvalue weighted by atomic mass is 32.1. The van der Waals surface area contributed by atoms with Crippen LogP contribution in [0.3, 0.4) is 0 Å². The van der Waals surface area contributed by atoms with E-state index in [9.17, 15) is 4.79 Å².